The predicted molar refractivity (Wildman–Crippen MR) is 99.2 cm³/mol. The number of halogens is 2. The summed E-state index contributed by atoms with van der Waals surface area (Å²) in [5.74, 6) is -0.899. The van der Waals surface area contributed by atoms with Crippen molar-refractivity contribution >= 4 is 60.4 Å². The Hall–Kier alpha value is -0.860. The zero-order valence-electron chi connectivity index (χ0n) is 13.0. The first-order valence-corrected chi connectivity index (χ1v) is 9.43. The predicted octanol–water partition coefficient (Wildman–Crippen LogP) is 3.60. The Bertz CT molecular complexity index is 663. The highest BCUT2D eigenvalue weighted by molar-refractivity contribution is 9.11. The van der Waals surface area contributed by atoms with Gasteiger partial charge in [0.2, 0.25) is 0 Å². The van der Waals surface area contributed by atoms with Crippen LogP contribution in [0.3, 0.4) is 0 Å². The number of hydrogen-bond donors (Lipinski definition) is 0. The van der Waals surface area contributed by atoms with Gasteiger partial charge in [-0.05, 0) is 70.5 Å². The van der Waals surface area contributed by atoms with Crippen molar-refractivity contribution in [3.05, 3.63) is 31.3 Å². The summed E-state index contributed by atoms with van der Waals surface area (Å²) in [4.78, 5) is 38.1. The molecule has 0 fully saturated rings. The highest BCUT2D eigenvalue weighted by atomic mass is 79.9. The molecule has 126 valence electrons. The molecule has 0 aliphatic carbocycles. The zero-order valence-corrected chi connectivity index (χ0v) is 17.0. The topological polar surface area (TPSA) is 63.7 Å². The maximum atomic E-state index is 12.0. The monoisotopic (exact) mass is 465 g/mol. The molecule has 0 saturated carbocycles. The highest BCUT2D eigenvalue weighted by Crippen LogP contribution is 2.36. The van der Waals surface area contributed by atoms with Gasteiger partial charge in [-0.25, -0.2) is 4.79 Å². The standard InChI is InChI=1S/C15H17Br2NO4S/c1-4-18(5-2)13-10(17)7-11(19)9(16)8-12(13)23-15(21)14(20)22-6-3/h7-8H,4-6H2,1-3H3. The molecular weight excluding hydrogens is 450 g/mol. The number of ether oxygens (including phenoxy) is 1. The van der Waals surface area contributed by atoms with E-state index in [4.69, 9.17) is 4.74 Å². The Kier molecular flexibility index (Phi) is 8.28. The van der Waals surface area contributed by atoms with Gasteiger partial charge in [-0.15, -0.1) is 0 Å². The maximum Gasteiger partial charge on any atom is 0.386 e. The zero-order chi connectivity index (χ0) is 17.6. The van der Waals surface area contributed by atoms with Crippen LogP contribution in [0.25, 0.3) is 0 Å². The van der Waals surface area contributed by atoms with E-state index in [2.05, 4.69) is 31.9 Å². The van der Waals surface area contributed by atoms with E-state index in [0.717, 1.165) is 11.8 Å². The van der Waals surface area contributed by atoms with Gasteiger partial charge in [-0.2, -0.15) is 0 Å². The number of thioether (sulfide) groups is 1. The van der Waals surface area contributed by atoms with E-state index in [-0.39, 0.29) is 12.0 Å². The number of esters is 1. The molecule has 1 aromatic rings. The molecule has 0 aliphatic rings. The van der Waals surface area contributed by atoms with E-state index in [1.807, 2.05) is 18.7 Å². The van der Waals surface area contributed by atoms with Gasteiger partial charge in [-0.3, -0.25) is 9.59 Å². The lowest BCUT2D eigenvalue weighted by atomic mass is 10.3. The van der Waals surface area contributed by atoms with Gasteiger partial charge in [-0.1, -0.05) is 0 Å². The van der Waals surface area contributed by atoms with Crippen molar-refractivity contribution in [3.8, 4) is 0 Å². The van der Waals surface area contributed by atoms with Crippen LogP contribution in [0.15, 0.2) is 30.8 Å². The largest absolute Gasteiger partial charge is 0.460 e. The number of rotatable bonds is 5. The smallest absolute Gasteiger partial charge is 0.386 e. The van der Waals surface area contributed by atoms with Crippen molar-refractivity contribution in [3.63, 3.8) is 0 Å². The van der Waals surface area contributed by atoms with E-state index in [1.165, 1.54) is 6.07 Å². The fourth-order valence-corrected chi connectivity index (χ4v) is 4.03. The van der Waals surface area contributed by atoms with Gasteiger partial charge in [0.15, 0.2) is 5.43 Å². The summed E-state index contributed by atoms with van der Waals surface area (Å²) in [7, 11) is 0. The second kappa shape index (κ2) is 9.44. The number of carbonyl (C=O) groups excluding carboxylic acids is 2. The van der Waals surface area contributed by atoms with Crippen LogP contribution in [-0.4, -0.2) is 30.8 Å². The van der Waals surface area contributed by atoms with Crippen molar-refractivity contribution in [2.24, 2.45) is 0 Å². The van der Waals surface area contributed by atoms with Crippen molar-refractivity contribution in [1.82, 2.24) is 0 Å². The number of carbonyl (C=O) groups is 2. The Morgan fingerprint density at radius 3 is 2.26 bits per heavy atom. The molecule has 0 atom stereocenters. The van der Waals surface area contributed by atoms with Crippen molar-refractivity contribution in [2.45, 2.75) is 25.7 Å². The minimum Gasteiger partial charge on any atom is -0.460 e. The third-order valence-corrected chi connectivity index (χ3v) is 5.04. The molecule has 0 heterocycles. The third kappa shape index (κ3) is 5.32. The molecule has 0 spiro atoms. The van der Waals surface area contributed by atoms with E-state index in [0.29, 0.717) is 32.6 Å². The average Bonchev–Trinajstić information content (AvgIpc) is 2.60. The van der Waals surface area contributed by atoms with Crippen LogP contribution in [0.4, 0.5) is 5.69 Å². The second-order valence-corrected chi connectivity index (χ2v) is 7.07. The summed E-state index contributed by atoms with van der Waals surface area (Å²) >= 11 is 7.35. The summed E-state index contributed by atoms with van der Waals surface area (Å²) < 4.78 is 5.61. The first kappa shape index (κ1) is 20.2. The quantitative estimate of drug-likeness (QED) is 0.375. The van der Waals surface area contributed by atoms with Gasteiger partial charge in [0.05, 0.1) is 16.8 Å². The molecule has 0 aliphatic heterocycles. The Balaban J connectivity index is 3.44. The summed E-state index contributed by atoms with van der Waals surface area (Å²) in [5.41, 5.74) is 0.473. The maximum absolute atomic E-state index is 12.0. The summed E-state index contributed by atoms with van der Waals surface area (Å²) in [6.45, 7) is 7.08. The first-order valence-electron chi connectivity index (χ1n) is 7.02. The van der Waals surface area contributed by atoms with Crippen LogP contribution in [0, 0.1) is 0 Å². The van der Waals surface area contributed by atoms with Gasteiger partial charge < -0.3 is 9.64 Å². The van der Waals surface area contributed by atoms with Gasteiger partial charge in [0, 0.05) is 28.5 Å². The van der Waals surface area contributed by atoms with Crippen LogP contribution in [0.2, 0.25) is 0 Å². The second-order valence-electron chi connectivity index (χ2n) is 4.34. The van der Waals surface area contributed by atoms with E-state index in [9.17, 15) is 14.4 Å². The minimum atomic E-state index is -0.899. The van der Waals surface area contributed by atoms with Gasteiger partial charge in [0.25, 0.3) is 0 Å². The molecule has 23 heavy (non-hydrogen) atoms. The highest BCUT2D eigenvalue weighted by Gasteiger charge is 2.22. The summed E-state index contributed by atoms with van der Waals surface area (Å²) in [6, 6.07) is 3.00. The average molecular weight is 467 g/mol. The van der Waals surface area contributed by atoms with E-state index >= 15 is 0 Å². The molecule has 0 N–H and O–H groups in total. The molecule has 0 unspecified atom stereocenters. The summed E-state index contributed by atoms with van der Waals surface area (Å²) in [5, 5.41) is -0.724. The number of anilines is 1. The molecular formula is C15H17Br2NO4S. The van der Waals surface area contributed by atoms with Crippen molar-refractivity contribution < 1.29 is 14.3 Å². The van der Waals surface area contributed by atoms with Gasteiger partial charge >= 0.3 is 11.1 Å². The normalized spacial score (nSPS) is 10.3. The fraction of sp³-hybridized carbons (Fsp3) is 0.400. The fourth-order valence-electron chi connectivity index (χ4n) is 1.88. The molecule has 0 saturated heterocycles. The lowest BCUT2D eigenvalue weighted by Gasteiger charge is -2.23. The lowest BCUT2D eigenvalue weighted by Crippen LogP contribution is -2.23. The van der Waals surface area contributed by atoms with Crippen LogP contribution < -0.4 is 10.3 Å². The number of hydrogen-bond acceptors (Lipinski definition) is 6. The molecule has 8 heteroatoms. The first-order chi connectivity index (χ1) is 10.8. The lowest BCUT2D eigenvalue weighted by molar-refractivity contribution is -0.149. The third-order valence-electron chi connectivity index (χ3n) is 2.94. The summed E-state index contributed by atoms with van der Waals surface area (Å²) in [6.07, 6.45) is 0. The van der Waals surface area contributed by atoms with Crippen LogP contribution in [0.5, 0.6) is 0 Å². The van der Waals surface area contributed by atoms with E-state index < -0.39 is 11.1 Å². The molecule has 0 radical (unpaired) electrons. The van der Waals surface area contributed by atoms with Crippen molar-refractivity contribution in [2.75, 3.05) is 24.6 Å². The van der Waals surface area contributed by atoms with Crippen LogP contribution in [0.1, 0.15) is 20.8 Å². The molecule has 1 rings (SSSR count). The van der Waals surface area contributed by atoms with Gasteiger partial charge in [0.1, 0.15) is 0 Å². The van der Waals surface area contributed by atoms with Crippen LogP contribution in [-0.2, 0) is 14.3 Å². The Morgan fingerprint density at radius 1 is 1.13 bits per heavy atom. The molecule has 0 amide bonds. The Labute approximate surface area is 156 Å². The molecule has 1 aromatic carbocycles. The molecule has 0 aromatic heterocycles. The Morgan fingerprint density at radius 2 is 1.74 bits per heavy atom. The molecule has 0 bridgehead atoms. The van der Waals surface area contributed by atoms with Crippen molar-refractivity contribution in [1.29, 1.82) is 0 Å². The van der Waals surface area contributed by atoms with E-state index in [1.54, 1.807) is 13.0 Å². The SMILES string of the molecule is CCOC(=O)C(=O)Sc1cc(Br)c(=O)cc(Br)c1N(CC)CC. The molecule has 5 nitrogen and oxygen atoms in total. The van der Waals surface area contributed by atoms with Crippen LogP contribution >= 0.6 is 43.6 Å². The number of nitrogens with zero attached hydrogens (tertiary/aromatic N) is 1. The minimum absolute atomic E-state index is 0.134.